The van der Waals surface area contributed by atoms with E-state index in [0.717, 1.165) is 65.3 Å². The van der Waals surface area contributed by atoms with Gasteiger partial charge in [0, 0.05) is 16.1 Å². The molecule has 0 bridgehead atoms. The molecule has 1 amide bonds. The van der Waals surface area contributed by atoms with E-state index in [1.807, 2.05) is 13.8 Å². The van der Waals surface area contributed by atoms with Crippen molar-refractivity contribution in [3.8, 4) is 11.4 Å². The molecule has 0 aliphatic heterocycles. The van der Waals surface area contributed by atoms with Gasteiger partial charge in [-0.1, -0.05) is 18.6 Å². The van der Waals surface area contributed by atoms with Gasteiger partial charge in [-0.25, -0.2) is 14.6 Å². The first kappa shape index (κ1) is 24.7. The number of hydrogen-bond donors (Lipinski definition) is 2. The Balaban J connectivity index is 1.44. The van der Waals surface area contributed by atoms with Crippen molar-refractivity contribution < 1.29 is 23.9 Å². The number of aryl methyl sites for hydroxylation is 3. The number of nitrogens with one attached hydrogen (secondary N) is 2. The SMILES string of the molecule is COC(=O)c1c(NC(=O)C(C)OC(=O)c2ccc(-c3nc(C)c(C)[nH]3)cc2)sc2c1CCCCC2. The molecular formula is C26H29N3O5S. The Labute approximate surface area is 208 Å². The molecule has 0 fully saturated rings. The average molecular weight is 496 g/mol. The number of imidazole rings is 1. The smallest absolute Gasteiger partial charge is 0.341 e. The van der Waals surface area contributed by atoms with Gasteiger partial charge in [0.1, 0.15) is 10.8 Å². The summed E-state index contributed by atoms with van der Waals surface area (Å²) < 4.78 is 10.4. The van der Waals surface area contributed by atoms with Crippen LogP contribution in [0.25, 0.3) is 11.4 Å². The Kier molecular flexibility index (Phi) is 7.35. The summed E-state index contributed by atoms with van der Waals surface area (Å²) in [7, 11) is 1.33. The van der Waals surface area contributed by atoms with Gasteiger partial charge in [0.2, 0.25) is 0 Å². The van der Waals surface area contributed by atoms with Crippen LogP contribution in [0.5, 0.6) is 0 Å². The third-order valence-corrected chi connectivity index (χ3v) is 7.43. The van der Waals surface area contributed by atoms with Crippen LogP contribution >= 0.6 is 11.3 Å². The lowest BCUT2D eigenvalue weighted by Crippen LogP contribution is -2.30. The Morgan fingerprint density at radius 1 is 1.06 bits per heavy atom. The zero-order valence-corrected chi connectivity index (χ0v) is 21.1. The van der Waals surface area contributed by atoms with E-state index in [1.165, 1.54) is 25.4 Å². The quantitative estimate of drug-likeness (QED) is 0.368. The summed E-state index contributed by atoms with van der Waals surface area (Å²) in [5.74, 6) is -0.853. The number of carbonyl (C=O) groups excluding carboxylic acids is 3. The molecular weight excluding hydrogens is 466 g/mol. The number of aromatic nitrogens is 2. The van der Waals surface area contributed by atoms with Crippen LogP contribution in [0.15, 0.2) is 24.3 Å². The standard InChI is InChI=1S/C26H29N3O5S/c1-14-15(2)28-22(27-14)17-10-12-18(13-11-17)25(31)34-16(3)23(30)29-24-21(26(32)33-4)19-8-6-5-7-9-20(19)35-24/h10-13,16H,5-9H2,1-4H3,(H,27,28)(H,29,30). The van der Waals surface area contributed by atoms with E-state index in [-0.39, 0.29) is 0 Å². The molecule has 9 heteroatoms. The molecule has 1 atom stereocenters. The van der Waals surface area contributed by atoms with Crippen molar-refractivity contribution in [2.24, 2.45) is 0 Å². The Bertz CT molecular complexity index is 1240. The molecule has 0 saturated heterocycles. The van der Waals surface area contributed by atoms with Gasteiger partial charge in [0.25, 0.3) is 5.91 Å². The second-order valence-corrected chi connectivity index (χ2v) is 9.78. The molecule has 1 aliphatic rings. The summed E-state index contributed by atoms with van der Waals surface area (Å²) in [6, 6.07) is 6.84. The van der Waals surface area contributed by atoms with Crippen molar-refractivity contribution in [1.82, 2.24) is 9.97 Å². The Morgan fingerprint density at radius 3 is 2.43 bits per heavy atom. The maximum Gasteiger partial charge on any atom is 0.341 e. The highest BCUT2D eigenvalue weighted by molar-refractivity contribution is 7.17. The average Bonchev–Trinajstić information content (AvgIpc) is 3.27. The van der Waals surface area contributed by atoms with Crippen molar-refractivity contribution in [3.05, 3.63) is 57.2 Å². The van der Waals surface area contributed by atoms with Gasteiger partial charge in [-0.3, -0.25) is 4.79 Å². The predicted molar refractivity (Wildman–Crippen MR) is 134 cm³/mol. The van der Waals surface area contributed by atoms with Crippen LogP contribution in [-0.4, -0.2) is 41.0 Å². The van der Waals surface area contributed by atoms with Crippen LogP contribution in [0.1, 0.15) is 68.7 Å². The van der Waals surface area contributed by atoms with Gasteiger partial charge in [0.15, 0.2) is 6.10 Å². The van der Waals surface area contributed by atoms with Crippen LogP contribution < -0.4 is 5.32 Å². The highest BCUT2D eigenvalue weighted by Gasteiger charge is 2.28. The maximum absolute atomic E-state index is 12.9. The number of thiophene rings is 1. The van der Waals surface area contributed by atoms with Crippen molar-refractivity contribution in [1.29, 1.82) is 0 Å². The van der Waals surface area contributed by atoms with E-state index in [9.17, 15) is 14.4 Å². The van der Waals surface area contributed by atoms with Crippen LogP contribution in [0.4, 0.5) is 5.00 Å². The Hall–Kier alpha value is -3.46. The van der Waals surface area contributed by atoms with Gasteiger partial charge >= 0.3 is 11.9 Å². The molecule has 184 valence electrons. The molecule has 4 rings (SSSR count). The number of H-pyrrole nitrogens is 1. The fourth-order valence-electron chi connectivity index (χ4n) is 4.09. The molecule has 0 spiro atoms. The summed E-state index contributed by atoms with van der Waals surface area (Å²) in [6.07, 6.45) is 3.75. The van der Waals surface area contributed by atoms with E-state index in [2.05, 4.69) is 15.3 Å². The van der Waals surface area contributed by atoms with Gasteiger partial charge in [-0.2, -0.15) is 0 Å². The molecule has 1 aromatic carbocycles. The van der Waals surface area contributed by atoms with Crippen LogP contribution in [0.2, 0.25) is 0 Å². The summed E-state index contributed by atoms with van der Waals surface area (Å²) in [5.41, 5.74) is 4.45. The first-order valence-corrected chi connectivity index (χ1v) is 12.5. The molecule has 2 heterocycles. The number of anilines is 1. The lowest BCUT2D eigenvalue weighted by atomic mass is 10.1. The number of nitrogens with zero attached hydrogens (tertiary/aromatic N) is 1. The largest absolute Gasteiger partial charge is 0.465 e. The van der Waals surface area contributed by atoms with Gasteiger partial charge in [-0.15, -0.1) is 11.3 Å². The number of carbonyl (C=O) groups is 3. The topological polar surface area (TPSA) is 110 Å². The molecule has 1 unspecified atom stereocenters. The highest BCUT2D eigenvalue weighted by Crippen LogP contribution is 2.38. The summed E-state index contributed by atoms with van der Waals surface area (Å²) in [5, 5.41) is 3.24. The Morgan fingerprint density at radius 2 is 1.77 bits per heavy atom. The van der Waals surface area contributed by atoms with Crippen molar-refractivity contribution in [3.63, 3.8) is 0 Å². The first-order chi connectivity index (χ1) is 16.8. The zero-order chi connectivity index (χ0) is 25.1. The lowest BCUT2D eigenvalue weighted by molar-refractivity contribution is -0.123. The number of benzene rings is 1. The minimum atomic E-state index is -1.05. The molecule has 8 nitrogen and oxygen atoms in total. The number of amides is 1. The molecule has 3 aromatic rings. The van der Waals surface area contributed by atoms with Gasteiger partial charge < -0.3 is 19.8 Å². The monoisotopic (exact) mass is 495 g/mol. The predicted octanol–water partition coefficient (Wildman–Crippen LogP) is 4.99. The number of rotatable bonds is 6. The minimum absolute atomic E-state index is 0.325. The molecule has 0 radical (unpaired) electrons. The van der Waals surface area contributed by atoms with E-state index < -0.39 is 23.9 Å². The molecule has 2 N–H and O–H groups in total. The molecule has 1 aliphatic carbocycles. The number of esters is 2. The number of hydrogen-bond acceptors (Lipinski definition) is 7. The van der Waals surface area contributed by atoms with Crippen LogP contribution in [0, 0.1) is 13.8 Å². The summed E-state index contributed by atoms with van der Waals surface area (Å²) in [4.78, 5) is 46.7. The molecule has 0 saturated carbocycles. The summed E-state index contributed by atoms with van der Waals surface area (Å²) in [6.45, 7) is 5.38. The van der Waals surface area contributed by atoms with Crippen molar-refractivity contribution >= 4 is 34.2 Å². The van der Waals surface area contributed by atoms with Gasteiger partial charge in [0.05, 0.1) is 23.9 Å². The zero-order valence-electron chi connectivity index (χ0n) is 20.3. The maximum atomic E-state index is 12.9. The lowest BCUT2D eigenvalue weighted by Gasteiger charge is -2.14. The van der Waals surface area contributed by atoms with Crippen LogP contribution in [-0.2, 0) is 27.1 Å². The van der Waals surface area contributed by atoms with Crippen LogP contribution in [0.3, 0.4) is 0 Å². The van der Waals surface area contributed by atoms with E-state index in [0.29, 0.717) is 16.1 Å². The molecule has 35 heavy (non-hydrogen) atoms. The van der Waals surface area contributed by atoms with E-state index >= 15 is 0 Å². The van der Waals surface area contributed by atoms with Crippen molar-refractivity contribution in [2.45, 2.75) is 59.0 Å². The van der Waals surface area contributed by atoms with E-state index in [1.54, 1.807) is 24.3 Å². The fourth-order valence-corrected chi connectivity index (χ4v) is 5.37. The normalized spacial score (nSPS) is 13.9. The summed E-state index contributed by atoms with van der Waals surface area (Å²) >= 11 is 1.40. The molecule has 2 aromatic heterocycles. The fraction of sp³-hybridized carbons (Fsp3) is 0.385. The second kappa shape index (κ2) is 10.4. The second-order valence-electron chi connectivity index (χ2n) is 8.67. The minimum Gasteiger partial charge on any atom is -0.465 e. The number of aromatic amines is 1. The first-order valence-electron chi connectivity index (χ1n) is 11.7. The third kappa shape index (κ3) is 5.30. The number of ether oxygens (including phenoxy) is 2. The van der Waals surface area contributed by atoms with E-state index in [4.69, 9.17) is 9.47 Å². The highest BCUT2D eigenvalue weighted by atomic mass is 32.1. The third-order valence-electron chi connectivity index (χ3n) is 6.22. The number of fused-ring (bicyclic) bond motifs is 1. The van der Waals surface area contributed by atoms with Gasteiger partial charge in [-0.05, 0) is 64.2 Å². The van der Waals surface area contributed by atoms with Crippen molar-refractivity contribution in [2.75, 3.05) is 12.4 Å². The number of methoxy groups -OCH3 is 1.